The minimum absolute atomic E-state index is 0.530. The van der Waals surface area contributed by atoms with Crippen LogP contribution in [0.2, 0.25) is 0 Å². The minimum atomic E-state index is 0.530. The molecule has 0 fully saturated rings. The lowest BCUT2D eigenvalue weighted by atomic mass is 9.93. The number of ether oxygens (including phenoxy) is 1. The lowest BCUT2D eigenvalue weighted by Gasteiger charge is -2.26. The molecule has 1 N–H and O–H groups in total. The van der Waals surface area contributed by atoms with E-state index >= 15 is 0 Å². The second-order valence-corrected chi connectivity index (χ2v) is 4.32. The van der Waals surface area contributed by atoms with E-state index in [1.165, 1.54) is 5.56 Å². The topological polar surface area (TPSA) is 26.2 Å². The van der Waals surface area contributed by atoms with Gasteiger partial charge in [-0.15, -0.1) is 0 Å². The van der Waals surface area contributed by atoms with Crippen LogP contribution in [0.4, 0.5) is 0 Å². The van der Waals surface area contributed by atoms with Gasteiger partial charge in [-0.25, -0.2) is 0 Å². The molecule has 0 saturated carbocycles. The molecule has 0 spiro atoms. The van der Waals surface area contributed by atoms with Gasteiger partial charge in [-0.3, -0.25) is 4.68 Å². The van der Waals surface area contributed by atoms with Crippen LogP contribution in [-0.4, -0.2) is 17.8 Å². The predicted molar refractivity (Wildman–Crippen MR) is 68.0 cm³/mol. The van der Waals surface area contributed by atoms with Gasteiger partial charge in [-0.1, -0.05) is 18.2 Å². The van der Waals surface area contributed by atoms with Gasteiger partial charge in [0.05, 0.1) is 6.61 Å². The lowest BCUT2D eigenvalue weighted by Crippen LogP contribution is -2.24. The molecule has 0 amide bonds. The molecule has 88 valence electrons. The van der Waals surface area contributed by atoms with Crippen molar-refractivity contribution in [1.82, 2.24) is 4.68 Å². The molecule has 1 unspecified atom stereocenters. The maximum atomic E-state index is 5.66. The largest absolute Gasteiger partial charge is 0.493 e. The van der Waals surface area contributed by atoms with Gasteiger partial charge >= 0.3 is 0 Å². The van der Waals surface area contributed by atoms with E-state index in [4.69, 9.17) is 4.74 Å². The Labute approximate surface area is 101 Å². The summed E-state index contributed by atoms with van der Waals surface area (Å²) in [5, 5.41) is 0. The zero-order valence-electron chi connectivity index (χ0n) is 9.67. The first-order chi connectivity index (χ1) is 8.43. The van der Waals surface area contributed by atoms with Crippen LogP contribution >= 0.6 is 0 Å². The average Bonchev–Trinajstić information content (AvgIpc) is 2.89. The monoisotopic (exact) mass is 228 g/mol. The van der Waals surface area contributed by atoms with Gasteiger partial charge in [0.15, 0.2) is 0 Å². The molecule has 1 aromatic carbocycles. The number of benzene rings is 1. The van der Waals surface area contributed by atoms with E-state index in [9.17, 15) is 0 Å². The highest BCUT2D eigenvalue weighted by atomic mass is 16.5. The van der Waals surface area contributed by atoms with Gasteiger partial charge < -0.3 is 10.2 Å². The minimum Gasteiger partial charge on any atom is -0.493 e. The van der Waals surface area contributed by atoms with Crippen LogP contribution in [0.3, 0.4) is 0 Å². The zero-order valence-corrected chi connectivity index (χ0v) is 9.67. The molecule has 0 saturated heterocycles. The van der Waals surface area contributed by atoms with Crippen molar-refractivity contribution in [3.05, 3.63) is 54.4 Å². The highest BCUT2D eigenvalue weighted by Gasteiger charge is 2.20. The summed E-state index contributed by atoms with van der Waals surface area (Å²) in [5.41, 5.74) is 4.71. The van der Waals surface area contributed by atoms with Crippen molar-refractivity contribution < 1.29 is 4.74 Å². The third kappa shape index (κ3) is 2.13. The molecule has 2 aromatic rings. The van der Waals surface area contributed by atoms with Crippen LogP contribution in [0.1, 0.15) is 17.9 Å². The molecule has 1 aliphatic heterocycles. The third-order valence-corrected chi connectivity index (χ3v) is 3.21. The number of aromatic nitrogens is 1. The van der Waals surface area contributed by atoms with E-state index in [1.807, 2.05) is 35.3 Å². The number of fused-ring (bicyclic) bond motifs is 1. The van der Waals surface area contributed by atoms with Crippen molar-refractivity contribution in [3.8, 4) is 5.75 Å². The number of rotatable bonds is 3. The Morgan fingerprint density at radius 2 is 2.00 bits per heavy atom. The first-order valence-electron chi connectivity index (χ1n) is 6.02. The Morgan fingerprint density at radius 3 is 2.88 bits per heavy atom. The van der Waals surface area contributed by atoms with Crippen LogP contribution in [-0.2, 0) is 0 Å². The smallest absolute Gasteiger partial charge is 0.122 e. The van der Waals surface area contributed by atoms with Gasteiger partial charge in [0.1, 0.15) is 5.75 Å². The first-order valence-corrected chi connectivity index (χ1v) is 6.02. The fourth-order valence-electron chi connectivity index (χ4n) is 2.28. The van der Waals surface area contributed by atoms with Crippen LogP contribution < -0.4 is 10.2 Å². The molecular weight excluding hydrogens is 212 g/mol. The second-order valence-electron chi connectivity index (χ2n) is 4.32. The van der Waals surface area contributed by atoms with Crippen LogP contribution in [0.5, 0.6) is 5.75 Å². The summed E-state index contributed by atoms with van der Waals surface area (Å²) in [5.74, 6) is 1.57. The molecule has 1 aliphatic rings. The Balaban J connectivity index is 1.72. The van der Waals surface area contributed by atoms with Gasteiger partial charge in [0, 0.05) is 24.9 Å². The molecule has 17 heavy (non-hydrogen) atoms. The number of hydrogen-bond donors (Lipinski definition) is 1. The SMILES string of the molecule is c1ccc2c(c1)OCCC2CNn1cccc1. The summed E-state index contributed by atoms with van der Waals surface area (Å²) in [4.78, 5) is 0. The molecular formula is C14H16N2O. The number of hydrogen-bond acceptors (Lipinski definition) is 2. The number of para-hydroxylation sites is 1. The summed E-state index contributed by atoms with van der Waals surface area (Å²) in [6.07, 6.45) is 5.11. The summed E-state index contributed by atoms with van der Waals surface area (Å²) >= 11 is 0. The van der Waals surface area contributed by atoms with Crippen molar-refractivity contribution >= 4 is 0 Å². The number of nitrogens with zero attached hydrogens (tertiary/aromatic N) is 1. The summed E-state index contributed by atoms with van der Waals surface area (Å²) in [7, 11) is 0. The Morgan fingerprint density at radius 1 is 1.18 bits per heavy atom. The maximum absolute atomic E-state index is 5.66. The Hall–Kier alpha value is -1.90. The molecule has 3 nitrogen and oxygen atoms in total. The van der Waals surface area contributed by atoms with Gasteiger partial charge in [-0.05, 0) is 30.2 Å². The van der Waals surface area contributed by atoms with Gasteiger partial charge in [0.2, 0.25) is 0 Å². The maximum Gasteiger partial charge on any atom is 0.122 e. The zero-order chi connectivity index (χ0) is 11.5. The standard InChI is InChI=1S/C14H16N2O/c1-2-6-14-13(5-1)12(7-10-17-14)11-15-16-8-3-4-9-16/h1-6,8-9,12,15H,7,10-11H2. The molecule has 1 aromatic heterocycles. The lowest BCUT2D eigenvalue weighted by molar-refractivity contribution is 0.269. The van der Waals surface area contributed by atoms with Crippen LogP contribution in [0.15, 0.2) is 48.8 Å². The van der Waals surface area contributed by atoms with E-state index in [2.05, 4.69) is 23.6 Å². The molecule has 0 aliphatic carbocycles. The average molecular weight is 228 g/mol. The molecule has 3 rings (SSSR count). The molecule has 0 bridgehead atoms. The fourth-order valence-corrected chi connectivity index (χ4v) is 2.28. The van der Waals surface area contributed by atoms with Crippen molar-refractivity contribution in [1.29, 1.82) is 0 Å². The predicted octanol–water partition coefficient (Wildman–Crippen LogP) is 2.60. The molecule has 1 atom stereocenters. The Bertz CT molecular complexity index is 479. The highest BCUT2D eigenvalue weighted by molar-refractivity contribution is 5.38. The van der Waals surface area contributed by atoms with Crippen molar-refractivity contribution in [2.45, 2.75) is 12.3 Å². The third-order valence-electron chi connectivity index (χ3n) is 3.21. The second kappa shape index (κ2) is 4.53. The van der Waals surface area contributed by atoms with E-state index in [-0.39, 0.29) is 0 Å². The first kappa shape index (κ1) is 10.3. The van der Waals surface area contributed by atoms with Crippen molar-refractivity contribution in [2.24, 2.45) is 0 Å². The van der Waals surface area contributed by atoms with E-state index in [0.29, 0.717) is 5.92 Å². The quantitative estimate of drug-likeness (QED) is 0.874. The number of nitrogens with one attached hydrogen (secondary N) is 1. The normalized spacial score (nSPS) is 18.2. The fraction of sp³-hybridized carbons (Fsp3) is 0.286. The molecule has 2 heterocycles. The van der Waals surface area contributed by atoms with E-state index in [1.54, 1.807) is 0 Å². The van der Waals surface area contributed by atoms with E-state index < -0.39 is 0 Å². The summed E-state index contributed by atoms with van der Waals surface area (Å²) in [6.45, 7) is 1.75. The summed E-state index contributed by atoms with van der Waals surface area (Å²) < 4.78 is 7.65. The Kier molecular flexibility index (Phi) is 2.74. The van der Waals surface area contributed by atoms with Crippen molar-refractivity contribution in [3.63, 3.8) is 0 Å². The van der Waals surface area contributed by atoms with Crippen molar-refractivity contribution in [2.75, 3.05) is 18.6 Å². The van der Waals surface area contributed by atoms with E-state index in [0.717, 1.165) is 25.3 Å². The highest BCUT2D eigenvalue weighted by Crippen LogP contribution is 2.32. The molecule has 3 heteroatoms. The summed E-state index contributed by atoms with van der Waals surface area (Å²) in [6, 6.07) is 12.4. The van der Waals surface area contributed by atoms with Crippen LogP contribution in [0.25, 0.3) is 0 Å². The molecule has 0 radical (unpaired) electrons. The van der Waals surface area contributed by atoms with Gasteiger partial charge in [0.25, 0.3) is 0 Å². The van der Waals surface area contributed by atoms with Crippen LogP contribution in [0, 0.1) is 0 Å². The van der Waals surface area contributed by atoms with Gasteiger partial charge in [-0.2, -0.15) is 0 Å².